The molecule has 0 saturated heterocycles. The average Bonchev–Trinajstić information content (AvgIpc) is 2.91. The second-order valence-electron chi connectivity index (χ2n) is 7.50. The van der Waals surface area contributed by atoms with E-state index in [4.69, 9.17) is 4.98 Å². The van der Waals surface area contributed by atoms with Crippen LogP contribution in [0, 0.1) is 0 Å². The van der Waals surface area contributed by atoms with Crippen molar-refractivity contribution < 1.29 is 4.57 Å². The number of rotatable bonds is 2. The number of aryl methyl sites for hydroxylation is 2. The van der Waals surface area contributed by atoms with E-state index in [2.05, 4.69) is 56.0 Å². The highest BCUT2D eigenvalue weighted by Gasteiger charge is 2.55. The lowest BCUT2D eigenvalue weighted by atomic mass is 9.63. The Bertz CT molecular complexity index is 769. The van der Waals surface area contributed by atoms with E-state index >= 15 is 0 Å². The zero-order chi connectivity index (χ0) is 15.7. The molecular weight excluding hydrogens is 270 g/mol. The lowest BCUT2D eigenvalue weighted by molar-refractivity contribution is -0.764. The van der Waals surface area contributed by atoms with Crippen LogP contribution in [0.15, 0.2) is 18.5 Å². The van der Waals surface area contributed by atoms with Gasteiger partial charge in [0.05, 0.1) is 17.8 Å². The van der Waals surface area contributed by atoms with Crippen molar-refractivity contribution >= 4 is 0 Å². The van der Waals surface area contributed by atoms with Crippen LogP contribution in [-0.4, -0.2) is 9.55 Å². The van der Waals surface area contributed by atoms with Crippen molar-refractivity contribution in [1.29, 1.82) is 0 Å². The highest BCUT2D eigenvalue weighted by Crippen LogP contribution is 2.49. The van der Waals surface area contributed by atoms with E-state index in [0.29, 0.717) is 0 Å². The number of imidazole rings is 1. The fourth-order valence-corrected chi connectivity index (χ4v) is 4.60. The highest BCUT2D eigenvalue weighted by atomic mass is 15.2. The number of nitrogens with zero attached hydrogens (tertiary/aromatic N) is 3. The fraction of sp³-hybridized carbons (Fsp3) is 0.579. The summed E-state index contributed by atoms with van der Waals surface area (Å²) in [7, 11) is 0. The van der Waals surface area contributed by atoms with Crippen molar-refractivity contribution in [3.8, 4) is 11.4 Å². The molecule has 22 heavy (non-hydrogen) atoms. The zero-order valence-electron chi connectivity index (χ0n) is 14.4. The predicted octanol–water partition coefficient (Wildman–Crippen LogP) is 3.37. The Morgan fingerprint density at radius 3 is 2.73 bits per heavy atom. The Kier molecular flexibility index (Phi) is 2.68. The summed E-state index contributed by atoms with van der Waals surface area (Å²) in [5.74, 6) is 1.39. The maximum Gasteiger partial charge on any atom is 0.291 e. The van der Waals surface area contributed by atoms with Gasteiger partial charge in [0.15, 0.2) is 0 Å². The number of hydrogen-bond acceptors (Lipinski definition) is 1. The summed E-state index contributed by atoms with van der Waals surface area (Å²) >= 11 is 0. The normalized spacial score (nSPS) is 24.2. The smallest absolute Gasteiger partial charge is 0.260 e. The third-order valence-electron chi connectivity index (χ3n) is 6.54. The second kappa shape index (κ2) is 4.21. The first-order valence-corrected chi connectivity index (χ1v) is 8.59. The van der Waals surface area contributed by atoms with Gasteiger partial charge >= 0.3 is 0 Å². The van der Waals surface area contributed by atoms with Crippen LogP contribution in [0.1, 0.15) is 58.0 Å². The van der Waals surface area contributed by atoms with Crippen molar-refractivity contribution in [3.05, 3.63) is 35.4 Å². The van der Waals surface area contributed by atoms with E-state index in [1.807, 2.05) is 6.20 Å². The maximum atomic E-state index is 4.70. The molecule has 0 amide bonds. The van der Waals surface area contributed by atoms with Crippen molar-refractivity contribution in [3.63, 3.8) is 0 Å². The summed E-state index contributed by atoms with van der Waals surface area (Å²) in [5.41, 5.74) is 5.81. The molecule has 1 atom stereocenters. The fourth-order valence-electron chi connectivity index (χ4n) is 4.60. The van der Waals surface area contributed by atoms with Crippen molar-refractivity contribution in [2.45, 2.75) is 71.4 Å². The van der Waals surface area contributed by atoms with Crippen LogP contribution in [-0.2, 0) is 30.3 Å². The minimum atomic E-state index is 0.0977. The molecule has 0 aliphatic carbocycles. The van der Waals surface area contributed by atoms with Gasteiger partial charge in [0, 0.05) is 24.5 Å². The van der Waals surface area contributed by atoms with Gasteiger partial charge in [-0.3, -0.25) is 4.98 Å². The van der Waals surface area contributed by atoms with Gasteiger partial charge in [0.1, 0.15) is 17.4 Å². The number of pyridine rings is 1. The van der Waals surface area contributed by atoms with E-state index in [0.717, 1.165) is 25.8 Å². The van der Waals surface area contributed by atoms with Crippen molar-refractivity contribution in [2.75, 3.05) is 0 Å². The molecule has 3 nitrogen and oxygen atoms in total. The molecule has 0 radical (unpaired) electrons. The Morgan fingerprint density at radius 1 is 1.27 bits per heavy atom. The predicted molar refractivity (Wildman–Crippen MR) is 87.9 cm³/mol. The SMILES string of the molecule is CCc1c[n+]2c3n1CCc1nccc(c1-3)C(C)(C)C2(C)CC. The van der Waals surface area contributed by atoms with E-state index < -0.39 is 0 Å². The number of aromatic nitrogens is 3. The van der Waals surface area contributed by atoms with Crippen LogP contribution in [0.4, 0.5) is 0 Å². The molecule has 0 fully saturated rings. The Hall–Kier alpha value is -1.64. The van der Waals surface area contributed by atoms with E-state index in [1.54, 1.807) is 0 Å². The summed E-state index contributed by atoms with van der Waals surface area (Å²) in [4.78, 5) is 4.70. The molecule has 2 aromatic rings. The summed E-state index contributed by atoms with van der Waals surface area (Å²) in [6, 6.07) is 2.25. The molecule has 2 aliphatic rings. The van der Waals surface area contributed by atoms with Crippen LogP contribution in [0.5, 0.6) is 0 Å². The first kappa shape index (κ1) is 14.0. The van der Waals surface area contributed by atoms with Gasteiger partial charge in [0.2, 0.25) is 0 Å². The molecule has 2 aromatic heterocycles. The Balaban J connectivity index is 2.17. The standard InChI is InChI=1S/C19H26N3/c1-6-13-12-22-17-16-14(18(3,4)19(22,5)7-2)8-10-20-15(16)9-11-21(13)17/h8,10,12H,6-7,9,11H2,1-5H3/q+1. The molecule has 0 aromatic carbocycles. The Morgan fingerprint density at radius 2 is 2.05 bits per heavy atom. The van der Waals surface area contributed by atoms with Crippen LogP contribution in [0.3, 0.4) is 0 Å². The molecule has 0 bridgehead atoms. The number of hydrogen-bond donors (Lipinski definition) is 0. The monoisotopic (exact) mass is 296 g/mol. The minimum absolute atomic E-state index is 0.0977. The largest absolute Gasteiger partial charge is 0.291 e. The average molecular weight is 296 g/mol. The summed E-state index contributed by atoms with van der Waals surface area (Å²) in [5, 5.41) is 0. The quantitative estimate of drug-likeness (QED) is 0.779. The van der Waals surface area contributed by atoms with E-state index in [-0.39, 0.29) is 11.0 Å². The molecular formula is C19H26N3+. The van der Waals surface area contributed by atoms with Gasteiger partial charge in [-0.1, -0.05) is 27.7 Å². The van der Waals surface area contributed by atoms with Crippen LogP contribution in [0.2, 0.25) is 0 Å². The maximum absolute atomic E-state index is 4.70. The summed E-state index contributed by atoms with van der Waals surface area (Å²) in [6.45, 7) is 12.9. The van der Waals surface area contributed by atoms with Crippen LogP contribution < -0.4 is 4.57 Å². The lowest BCUT2D eigenvalue weighted by Gasteiger charge is -2.46. The molecule has 4 heterocycles. The van der Waals surface area contributed by atoms with Gasteiger partial charge in [-0.05, 0) is 25.0 Å². The lowest BCUT2D eigenvalue weighted by Crippen LogP contribution is -2.66. The molecule has 0 saturated carbocycles. The van der Waals surface area contributed by atoms with Gasteiger partial charge in [-0.15, -0.1) is 0 Å². The van der Waals surface area contributed by atoms with Crippen LogP contribution in [0.25, 0.3) is 11.4 Å². The highest BCUT2D eigenvalue weighted by molar-refractivity contribution is 5.67. The molecule has 1 unspecified atom stereocenters. The molecule has 3 heteroatoms. The van der Waals surface area contributed by atoms with E-state index in [1.165, 1.54) is 28.3 Å². The first-order valence-electron chi connectivity index (χ1n) is 8.59. The summed E-state index contributed by atoms with van der Waals surface area (Å²) in [6.07, 6.45) is 7.69. The molecule has 2 aliphatic heterocycles. The second-order valence-corrected chi connectivity index (χ2v) is 7.50. The van der Waals surface area contributed by atoms with Crippen LogP contribution >= 0.6 is 0 Å². The molecule has 116 valence electrons. The zero-order valence-corrected chi connectivity index (χ0v) is 14.4. The molecule has 4 rings (SSSR count). The molecule has 0 spiro atoms. The van der Waals surface area contributed by atoms with Gasteiger partial charge in [-0.2, -0.15) is 0 Å². The minimum Gasteiger partial charge on any atom is -0.260 e. The molecule has 0 N–H and O–H groups in total. The first-order chi connectivity index (χ1) is 10.5. The topological polar surface area (TPSA) is 21.7 Å². The Labute approximate surface area is 133 Å². The summed E-state index contributed by atoms with van der Waals surface area (Å²) < 4.78 is 5.11. The van der Waals surface area contributed by atoms with Gasteiger partial charge in [-0.25, -0.2) is 9.13 Å². The van der Waals surface area contributed by atoms with E-state index in [9.17, 15) is 0 Å². The third-order valence-corrected chi connectivity index (χ3v) is 6.54. The van der Waals surface area contributed by atoms with Gasteiger partial charge < -0.3 is 0 Å². The van der Waals surface area contributed by atoms with Gasteiger partial charge in [0.25, 0.3) is 5.82 Å². The van der Waals surface area contributed by atoms with Crippen molar-refractivity contribution in [1.82, 2.24) is 9.55 Å². The third kappa shape index (κ3) is 1.38. The van der Waals surface area contributed by atoms with Crippen molar-refractivity contribution in [2.24, 2.45) is 0 Å².